The molecule has 0 radical (unpaired) electrons. The van der Waals surface area contributed by atoms with Crippen LogP contribution in [0.1, 0.15) is 57.7 Å². The van der Waals surface area contributed by atoms with E-state index in [1.165, 1.54) is 0 Å². The number of nitrogens with one attached hydrogen (secondary N) is 2. The van der Waals surface area contributed by atoms with Crippen LogP contribution in [-0.4, -0.2) is 26.6 Å². The number of oxazole rings is 1. The Labute approximate surface area is 203 Å². The van der Waals surface area contributed by atoms with Gasteiger partial charge in [-0.2, -0.15) is 5.10 Å². The molecule has 1 atom stereocenters. The molecule has 9 heteroatoms. The number of anilines is 1. The standard InChI is InChI=1S/C26H29N5O4/c1-14-10-15(2)31(30-14)17(4)24(32)27-13-23-19(6)35-26(29-23)20-8-7-9-21(12-20)28-25(33)22-11-16(3)34-18(22)5/h7-12,17H,13H2,1-6H3,(H,27,32)(H,28,33). The summed E-state index contributed by atoms with van der Waals surface area (Å²) in [6.45, 7) is 11.2. The van der Waals surface area contributed by atoms with Crippen LogP contribution in [0, 0.1) is 34.6 Å². The minimum Gasteiger partial charge on any atom is -0.466 e. The Morgan fingerprint density at radius 3 is 2.46 bits per heavy atom. The minimum atomic E-state index is -0.446. The third-order valence-electron chi connectivity index (χ3n) is 5.77. The lowest BCUT2D eigenvalue weighted by molar-refractivity contribution is -0.124. The normalized spacial score (nSPS) is 11.9. The van der Waals surface area contributed by atoms with Crippen LogP contribution in [0.25, 0.3) is 11.5 Å². The number of aromatic nitrogens is 3. The highest BCUT2D eigenvalue weighted by atomic mass is 16.4. The molecule has 0 spiro atoms. The fourth-order valence-electron chi connectivity index (χ4n) is 3.97. The first-order valence-electron chi connectivity index (χ1n) is 11.4. The molecule has 3 heterocycles. The number of carbonyl (C=O) groups excluding carboxylic acids is 2. The van der Waals surface area contributed by atoms with Crippen molar-refractivity contribution in [3.8, 4) is 11.5 Å². The molecule has 0 saturated heterocycles. The topological polar surface area (TPSA) is 115 Å². The molecule has 182 valence electrons. The molecular formula is C26H29N5O4. The minimum absolute atomic E-state index is 0.158. The van der Waals surface area contributed by atoms with Gasteiger partial charge in [-0.1, -0.05) is 6.07 Å². The van der Waals surface area contributed by atoms with Crippen molar-refractivity contribution in [2.45, 2.75) is 54.1 Å². The zero-order valence-electron chi connectivity index (χ0n) is 20.7. The number of amides is 2. The lowest BCUT2D eigenvalue weighted by Crippen LogP contribution is -2.31. The van der Waals surface area contributed by atoms with Crippen LogP contribution >= 0.6 is 0 Å². The van der Waals surface area contributed by atoms with E-state index in [0.29, 0.717) is 45.7 Å². The number of hydrogen-bond acceptors (Lipinski definition) is 6. The zero-order valence-corrected chi connectivity index (χ0v) is 20.7. The third-order valence-corrected chi connectivity index (χ3v) is 5.77. The molecule has 1 unspecified atom stereocenters. The summed E-state index contributed by atoms with van der Waals surface area (Å²) in [5.74, 6) is 1.86. The van der Waals surface area contributed by atoms with Crippen LogP contribution in [0.15, 0.2) is 45.2 Å². The predicted octanol–water partition coefficient (Wildman–Crippen LogP) is 4.80. The van der Waals surface area contributed by atoms with Crippen molar-refractivity contribution in [2.24, 2.45) is 0 Å². The van der Waals surface area contributed by atoms with Gasteiger partial charge >= 0.3 is 0 Å². The molecule has 0 bridgehead atoms. The summed E-state index contributed by atoms with van der Waals surface area (Å²) >= 11 is 0. The van der Waals surface area contributed by atoms with E-state index in [4.69, 9.17) is 8.83 Å². The van der Waals surface area contributed by atoms with Crippen molar-refractivity contribution in [1.82, 2.24) is 20.1 Å². The van der Waals surface area contributed by atoms with Crippen LogP contribution in [0.5, 0.6) is 0 Å². The Kier molecular flexibility index (Phi) is 6.59. The van der Waals surface area contributed by atoms with Gasteiger partial charge < -0.3 is 19.5 Å². The van der Waals surface area contributed by atoms with Gasteiger partial charge in [-0.3, -0.25) is 14.3 Å². The number of rotatable bonds is 7. The number of aryl methyl sites for hydroxylation is 5. The van der Waals surface area contributed by atoms with Crippen LogP contribution in [0.2, 0.25) is 0 Å². The summed E-state index contributed by atoms with van der Waals surface area (Å²) in [4.78, 5) is 29.9. The van der Waals surface area contributed by atoms with Gasteiger partial charge in [-0.05, 0) is 71.9 Å². The fourth-order valence-corrected chi connectivity index (χ4v) is 3.97. The second-order valence-electron chi connectivity index (χ2n) is 8.65. The monoisotopic (exact) mass is 475 g/mol. The van der Waals surface area contributed by atoms with Gasteiger partial charge in [0.25, 0.3) is 5.91 Å². The predicted molar refractivity (Wildman–Crippen MR) is 131 cm³/mol. The van der Waals surface area contributed by atoms with Crippen LogP contribution in [0.4, 0.5) is 5.69 Å². The molecule has 9 nitrogen and oxygen atoms in total. The summed E-state index contributed by atoms with van der Waals surface area (Å²) < 4.78 is 13.0. The van der Waals surface area contributed by atoms with E-state index in [-0.39, 0.29) is 18.4 Å². The highest BCUT2D eigenvalue weighted by molar-refractivity contribution is 6.05. The molecular weight excluding hydrogens is 446 g/mol. The number of furan rings is 1. The van der Waals surface area contributed by atoms with Crippen molar-refractivity contribution in [3.63, 3.8) is 0 Å². The molecule has 0 aliphatic heterocycles. The quantitative estimate of drug-likeness (QED) is 0.397. The molecule has 2 N–H and O–H groups in total. The fraction of sp³-hybridized carbons (Fsp3) is 0.308. The van der Waals surface area contributed by atoms with Crippen molar-refractivity contribution < 1.29 is 18.4 Å². The van der Waals surface area contributed by atoms with E-state index in [1.54, 1.807) is 43.7 Å². The average molecular weight is 476 g/mol. The Morgan fingerprint density at radius 2 is 1.80 bits per heavy atom. The maximum atomic E-state index is 12.7. The highest BCUT2D eigenvalue weighted by Crippen LogP contribution is 2.25. The van der Waals surface area contributed by atoms with Gasteiger partial charge in [-0.25, -0.2) is 4.98 Å². The maximum Gasteiger partial charge on any atom is 0.259 e. The smallest absolute Gasteiger partial charge is 0.259 e. The van der Waals surface area contributed by atoms with Gasteiger partial charge in [0.2, 0.25) is 11.8 Å². The van der Waals surface area contributed by atoms with E-state index < -0.39 is 6.04 Å². The second kappa shape index (κ2) is 9.61. The van der Waals surface area contributed by atoms with E-state index in [1.807, 2.05) is 39.0 Å². The van der Waals surface area contributed by atoms with E-state index in [9.17, 15) is 9.59 Å². The van der Waals surface area contributed by atoms with Crippen LogP contribution < -0.4 is 10.6 Å². The lowest BCUT2D eigenvalue weighted by atomic mass is 10.2. The number of nitrogens with zero attached hydrogens (tertiary/aromatic N) is 3. The largest absolute Gasteiger partial charge is 0.466 e. The number of hydrogen-bond donors (Lipinski definition) is 2. The lowest BCUT2D eigenvalue weighted by Gasteiger charge is -2.14. The average Bonchev–Trinajstić information content (AvgIpc) is 3.47. The van der Waals surface area contributed by atoms with E-state index in [0.717, 1.165) is 11.4 Å². The van der Waals surface area contributed by atoms with E-state index in [2.05, 4.69) is 20.7 Å². The zero-order chi connectivity index (χ0) is 25.3. The SMILES string of the molecule is Cc1cc(C)n(C(C)C(=O)NCc2nc(-c3cccc(NC(=O)c4cc(C)oc4C)c3)oc2C)n1. The maximum absolute atomic E-state index is 12.7. The van der Waals surface area contributed by atoms with Crippen molar-refractivity contribution in [1.29, 1.82) is 0 Å². The Morgan fingerprint density at radius 1 is 1.03 bits per heavy atom. The van der Waals surface area contributed by atoms with Crippen molar-refractivity contribution in [2.75, 3.05) is 5.32 Å². The molecule has 2 amide bonds. The second-order valence-corrected chi connectivity index (χ2v) is 8.65. The number of benzene rings is 1. The molecule has 0 aliphatic rings. The molecule has 0 fully saturated rings. The summed E-state index contributed by atoms with van der Waals surface area (Å²) in [7, 11) is 0. The van der Waals surface area contributed by atoms with Gasteiger partial charge in [-0.15, -0.1) is 0 Å². The van der Waals surface area contributed by atoms with Gasteiger partial charge in [0.05, 0.1) is 17.8 Å². The third kappa shape index (κ3) is 5.18. The first-order chi connectivity index (χ1) is 16.6. The molecule has 35 heavy (non-hydrogen) atoms. The molecule has 0 saturated carbocycles. The van der Waals surface area contributed by atoms with Gasteiger partial charge in [0.15, 0.2) is 0 Å². The first kappa shape index (κ1) is 24.0. The first-order valence-corrected chi connectivity index (χ1v) is 11.4. The molecule has 4 rings (SSSR count). The molecule has 0 aliphatic carbocycles. The Hall–Kier alpha value is -4.14. The van der Waals surface area contributed by atoms with Crippen molar-refractivity contribution in [3.05, 3.63) is 76.3 Å². The van der Waals surface area contributed by atoms with Gasteiger partial charge in [0, 0.05) is 16.9 Å². The summed E-state index contributed by atoms with van der Waals surface area (Å²) in [6.07, 6.45) is 0. The molecule has 1 aromatic carbocycles. The summed E-state index contributed by atoms with van der Waals surface area (Å²) in [5.41, 5.74) is 4.23. The highest BCUT2D eigenvalue weighted by Gasteiger charge is 2.20. The van der Waals surface area contributed by atoms with Crippen LogP contribution in [0.3, 0.4) is 0 Å². The molecule has 4 aromatic rings. The summed E-state index contributed by atoms with van der Waals surface area (Å²) in [5, 5.41) is 10.2. The number of carbonyl (C=O) groups is 2. The Bertz CT molecular complexity index is 1390. The van der Waals surface area contributed by atoms with Crippen molar-refractivity contribution >= 4 is 17.5 Å². The van der Waals surface area contributed by atoms with Gasteiger partial charge in [0.1, 0.15) is 29.0 Å². The summed E-state index contributed by atoms with van der Waals surface area (Å²) in [6, 6.07) is 10.4. The Balaban J connectivity index is 1.44. The van der Waals surface area contributed by atoms with Crippen LogP contribution in [-0.2, 0) is 11.3 Å². The van der Waals surface area contributed by atoms with E-state index >= 15 is 0 Å². The molecule has 3 aromatic heterocycles.